The van der Waals surface area contributed by atoms with E-state index < -0.39 is 21.6 Å². The summed E-state index contributed by atoms with van der Waals surface area (Å²) in [6.07, 6.45) is 8.99. The van der Waals surface area contributed by atoms with Gasteiger partial charge in [-0.1, -0.05) is 11.6 Å². The number of nitrogens with zero attached hydrogens (tertiary/aromatic N) is 5. The molecule has 4 rings (SSSR count). The molecule has 3 heterocycles. The number of halogens is 1. The van der Waals surface area contributed by atoms with Crippen LogP contribution in [-0.4, -0.2) is 50.6 Å². The number of sulfone groups is 1. The van der Waals surface area contributed by atoms with Crippen LogP contribution in [0.25, 0.3) is 0 Å². The summed E-state index contributed by atoms with van der Waals surface area (Å²) in [4.78, 5) is 26.1. The van der Waals surface area contributed by atoms with E-state index >= 15 is 0 Å². The third-order valence-corrected chi connectivity index (χ3v) is 6.93. The molecule has 10 nitrogen and oxygen atoms in total. The van der Waals surface area contributed by atoms with Gasteiger partial charge in [-0.15, -0.1) is 0 Å². The second-order valence-corrected chi connectivity index (χ2v) is 10.5. The number of ketones is 1. The Morgan fingerprint density at radius 3 is 2.40 bits per heavy atom. The SMILES string of the molecule is Cc1cnn(Cc2c(S(C)(=O)=O)ccc(C(=O)c3cnn(C)c3OC(=O)c3ccn(C)c3)c2Cl)c1. The summed E-state index contributed by atoms with van der Waals surface area (Å²) in [6, 6.07) is 4.27. The molecular formula is C23H22ClN5O5S. The zero-order chi connectivity index (χ0) is 25.5. The molecule has 0 N–H and O–H groups in total. The quantitative estimate of drug-likeness (QED) is 0.274. The molecule has 0 aliphatic heterocycles. The molecule has 0 fully saturated rings. The van der Waals surface area contributed by atoms with Gasteiger partial charge in [0, 0.05) is 50.1 Å². The van der Waals surface area contributed by atoms with Crippen molar-refractivity contribution in [2.45, 2.75) is 18.4 Å². The summed E-state index contributed by atoms with van der Waals surface area (Å²) in [5, 5.41) is 8.22. The van der Waals surface area contributed by atoms with Gasteiger partial charge in [0.05, 0.1) is 34.4 Å². The van der Waals surface area contributed by atoms with E-state index in [0.717, 1.165) is 11.8 Å². The highest BCUT2D eigenvalue weighted by Crippen LogP contribution is 2.32. The number of hydrogen-bond donors (Lipinski definition) is 0. The van der Waals surface area contributed by atoms with Crippen LogP contribution in [0, 0.1) is 6.92 Å². The van der Waals surface area contributed by atoms with Gasteiger partial charge in [0.25, 0.3) is 0 Å². The van der Waals surface area contributed by atoms with Gasteiger partial charge in [0.2, 0.25) is 11.7 Å². The van der Waals surface area contributed by atoms with Gasteiger partial charge in [-0.05, 0) is 30.7 Å². The van der Waals surface area contributed by atoms with E-state index in [1.807, 2.05) is 6.92 Å². The van der Waals surface area contributed by atoms with Crippen LogP contribution in [0.2, 0.25) is 5.02 Å². The van der Waals surface area contributed by atoms with Crippen molar-refractivity contribution >= 4 is 33.2 Å². The number of hydrogen-bond acceptors (Lipinski definition) is 7. The minimum Gasteiger partial charge on any atom is -0.403 e. The molecule has 0 aliphatic carbocycles. The second kappa shape index (κ2) is 9.16. The first-order chi connectivity index (χ1) is 16.5. The third kappa shape index (κ3) is 4.91. The summed E-state index contributed by atoms with van der Waals surface area (Å²) in [6.45, 7) is 1.89. The molecule has 0 aliphatic rings. The smallest absolute Gasteiger partial charge is 0.346 e. The van der Waals surface area contributed by atoms with E-state index in [4.69, 9.17) is 16.3 Å². The Balaban J connectivity index is 1.75. The van der Waals surface area contributed by atoms with Crippen molar-refractivity contribution < 1.29 is 22.7 Å². The normalized spacial score (nSPS) is 11.6. The molecule has 12 heteroatoms. The van der Waals surface area contributed by atoms with Gasteiger partial charge in [0.1, 0.15) is 5.56 Å². The second-order valence-electron chi connectivity index (χ2n) is 8.16. The predicted molar refractivity (Wildman–Crippen MR) is 128 cm³/mol. The van der Waals surface area contributed by atoms with Gasteiger partial charge in [0.15, 0.2) is 9.84 Å². The van der Waals surface area contributed by atoms with Crippen molar-refractivity contribution in [1.82, 2.24) is 24.1 Å². The van der Waals surface area contributed by atoms with Crippen molar-refractivity contribution in [2.75, 3.05) is 6.26 Å². The number of benzene rings is 1. The third-order valence-electron chi connectivity index (χ3n) is 5.31. The van der Waals surface area contributed by atoms with Crippen LogP contribution < -0.4 is 4.74 Å². The summed E-state index contributed by atoms with van der Waals surface area (Å²) >= 11 is 6.62. The zero-order valence-corrected chi connectivity index (χ0v) is 21.0. The molecule has 3 aromatic heterocycles. The number of esters is 1. The Morgan fingerprint density at radius 2 is 1.80 bits per heavy atom. The summed E-state index contributed by atoms with van der Waals surface area (Å²) < 4.78 is 34.8. The maximum Gasteiger partial charge on any atom is 0.346 e. The maximum atomic E-state index is 13.5. The number of rotatable bonds is 7. The fourth-order valence-electron chi connectivity index (χ4n) is 3.61. The van der Waals surface area contributed by atoms with Gasteiger partial charge in [-0.2, -0.15) is 10.2 Å². The van der Waals surface area contributed by atoms with Crippen LogP contribution >= 0.6 is 11.6 Å². The number of ether oxygens (including phenoxy) is 1. The van der Waals surface area contributed by atoms with Crippen molar-refractivity contribution in [3.8, 4) is 5.88 Å². The highest BCUT2D eigenvalue weighted by Gasteiger charge is 2.27. The van der Waals surface area contributed by atoms with E-state index in [-0.39, 0.29) is 39.0 Å². The summed E-state index contributed by atoms with van der Waals surface area (Å²) in [7, 11) is -0.354. The van der Waals surface area contributed by atoms with Crippen LogP contribution in [0.15, 0.2) is 54.1 Å². The molecule has 0 bridgehead atoms. The average Bonchev–Trinajstić information content (AvgIpc) is 3.49. The van der Waals surface area contributed by atoms with Crippen molar-refractivity contribution in [3.63, 3.8) is 0 Å². The molecule has 4 aromatic rings. The first-order valence-electron chi connectivity index (χ1n) is 10.4. The molecule has 182 valence electrons. The largest absolute Gasteiger partial charge is 0.403 e. The van der Waals surface area contributed by atoms with Crippen molar-refractivity contribution in [1.29, 1.82) is 0 Å². The van der Waals surface area contributed by atoms with Crippen LogP contribution in [0.1, 0.15) is 37.4 Å². The standard InChI is InChI=1S/C23H22ClN5O5S/c1-14-9-26-29(11-14)13-18-19(35(4,32)33)6-5-16(20(18)24)21(30)17-10-25-28(3)22(17)34-23(31)15-7-8-27(2)12-15/h5-12H,13H2,1-4H3. The highest BCUT2D eigenvalue weighted by molar-refractivity contribution is 7.90. The first-order valence-corrected chi connectivity index (χ1v) is 12.6. The number of aromatic nitrogens is 5. The van der Waals surface area contributed by atoms with Gasteiger partial charge < -0.3 is 9.30 Å². The van der Waals surface area contributed by atoms with E-state index in [1.54, 1.807) is 42.5 Å². The molecule has 0 amide bonds. The fraction of sp³-hybridized carbons (Fsp3) is 0.217. The number of carbonyl (C=O) groups is 2. The van der Waals surface area contributed by atoms with Gasteiger partial charge in [-0.25, -0.2) is 17.9 Å². The maximum absolute atomic E-state index is 13.5. The molecule has 35 heavy (non-hydrogen) atoms. The van der Waals surface area contributed by atoms with Crippen molar-refractivity contribution in [3.05, 3.63) is 82.0 Å². The lowest BCUT2D eigenvalue weighted by Crippen LogP contribution is -2.15. The van der Waals surface area contributed by atoms with Crippen molar-refractivity contribution in [2.24, 2.45) is 14.1 Å². The predicted octanol–water partition coefficient (Wildman–Crippen LogP) is 2.82. The number of aryl methyl sites for hydroxylation is 3. The van der Waals surface area contributed by atoms with Crippen LogP contribution in [-0.2, 0) is 30.5 Å². The van der Waals surface area contributed by atoms with Gasteiger partial charge >= 0.3 is 5.97 Å². The topological polar surface area (TPSA) is 118 Å². The first kappa shape index (κ1) is 24.4. The molecule has 0 atom stereocenters. The highest BCUT2D eigenvalue weighted by atomic mass is 35.5. The van der Waals surface area contributed by atoms with E-state index in [9.17, 15) is 18.0 Å². The Morgan fingerprint density at radius 1 is 1.06 bits per heavy atom. The molecule has 0 unspecified atom stereocenters. The lowest BCUT2D eigenvalue weighted by Gasteiger charge is -2.14. The molecule has 0 radical (unpaired) electrons. The Kier molecular flexibility index (Phi) is 6.39. The van der Waals surface area contributed by atoms with E-state index in [1.165, 1.54) is 34.7 Å². The number of carbonyl (C=O) groups excluding carboxylic acids is 2. The Labute approximate surface area is 206 Å². The molecular weight excluding hydrogens is 494 g/mol. The van der Waals surface area contributed by atoms with E-state index in [2.05, 4.69) is 10.2 Å². The summed E-state index contributed by atoms with van der Waals surface area (Å²) in [5.74, 6) is -1.29. The average molecular weight is 516 g/mol. The molecule has 1 aromatic carbocycles. The summed E-state index contributed by atoms with van der Waals surface area (Å²) in [5.41, 5.74) is 1.47. The lowest BCUT2D eigenvalue weighted by molar-refractivity contribution is 0.0718. The van der Waals surface area contributed by atoms with Gasteiger partial charge in [-0.3, -0.25) is 9.48 Å². The molecule has 0 saturated heterocycles. The minimum absolute atomic E-state index is 0.00545. The fourth-order valence-corrected chi connectivity index (χ4v) is 4.90. The lowest BCUT2D eigenvalue weighted by atomic mass is 10.0. The molecule has 0 saturated carbocycles. The minimum atomic E-state index is -3.65. The van der Waals surface area contributed by atoms with Crippen LogP contribution in [0.3, 0.4) is 0 Å². The van der Waals surface area contributed by atoms with Crippen LogP contribution in [0.4, 0.5) is 0 Å². The monoisotopic (exact) mass is 515 g/mol. The van der Waals surface area contributed by atoms with Crippen LogP contribution in [0.5, 0.6) is 5.88 Å². The van der Waals surface area contributed by atoms with E-state index in [0.29, 0.717) is 5.56 Å². The Hall–Kier alpha value is -3.70. The Bertz CT molecular complexity index is 1560. The zero-order valence-electron chi connectivity index (χ0n) is 19.4. The molecule has 0 spiro atoms.